The Labute approximate surface area is 455 Å². The van der Waals surface area contributed by atoms with Crippen molar-refractivity contribution in [3.63, 3.8) is 0 Å². The van der Waals surface area contributed by atoms with Gasteiger partial charge in [-0.3, -0.25) is 9.63 Å². The molecule has 6 aromatic rings. The van der Waals surface area contributed by atoms with E-state index in [1.165, 1.54) is 145 Å². The van der Waals surface area contributed by atoms with E-state index in [1.54, 1.807) is 25.3 Å². The predicted molar refractivity (Wildman–Crippen MR) is 320 cm³/mol. The van der Waals surface area contributed by atoms with Crippen LogP contribution in [0.5, 0.6) is 0 Å². The van der Waals surface area contributed by atoms with Crippen LogP contribution in [0.3, 0.4) is 0 Å². The van der Waals surface area contributed by atoms with E-state index in [0.717, 1.165) is 18.1 Å². The molecule has 0 fully saturated rings. The van der Waals surface area contributed by atoms with Gasteiger partial charge in [-0.15, -0.1) is 56.7 Å². The fourth-order valence-corrected chi connectivity index (χ4v) is 17.4. The number of allylic oxidation sites excluding steroid dienone is 10. The molecule has 0 saturated carbocycles. The maximum Gasteiger partial charge on any atom is 0.277 e. The number of benzene rings is 1. The number of hydroxylamine groups is 2. The van der Waals surface area contributed by atoms with Crippen molar-refractivity contribution < 1.29 is 9.63 Å². The van der Waals surface area contributed by atoms with Crippen LogP contribution in [-0.2, 0) is 17.7 Å². The Kier molecular flexibility index (Phi) is 14.5. The SMILES string of the molecule is CCCCCCc1c(-c2ccc(-c3cccs3)s2)sc(-c2ccc(-c3ccc(C4=CC5=CC(C(C)(C)C)=CC6=c7ccc(C(=O)N(C)OC)cc7=C7C=C(C(C)(C)C)C=C4[C@]7(C)[C@@]56C)s3)s2)c1CCCCCC. The first-order valence-electron chi connectivity index (χ1n) is 26.7. The van der Waals surface area contributed by atoms with Crippen LogP contribution in [0.1, 0.15) is 147 Å². The summed E-state index contributed by atoms with van der Waals surface area (Å²) < 4.78 is 0. The number of carbonyl (C=O) groups is 1. The zero-order valence-corrected chi connectivity index (χ0v) is 49.3. The molecule has 0 unspecified atom stereocenters. The van der Waals surface area contributed by atoms with Crippen molar-refractivity contribution in [3.05, 3.63) is 157 Å². The van der Waals surface area contributed by atoms with E-state index in [-0.39, 0.29) is 22.2 Å². The number of fused-ring (bicyclic) bond motifs is 1. The van der Waals surface area contributed by atoms with Gasteiger partial charge in [-0.05, 0) is 163 Å². The maximum atomic E-state index is 13.8. The summed E-state index contributed by atoms with van der Waals surface area (Å²) in [6.45, 7) is 23.6. The van der Waals surface area contributed by atoms with Crippen LogP contribution in [0.25, 0.3) is 55.7 Å². The van der Waals surface area contributed by atoms with Crippen LogP contribution in [0, 0.1) is 21.7 Å². The molecule has 1 amide bonds. The van der Waals surface area contributed by atoms with Gasteiger partial charge in [0, 0.05) is 67.3 Å². The molecule has 3 nitrogen and oxygen atoms in total. The van der Waals surface area contributed by atoms with Gasteiger partial charge < -0.3 is 0 Å². The minimum atomic E-state index is -0.430. The highest BCUT2D eigenvalue weighted by Gasteiger charge is 2.59. The third-order valence-electron chi connectivity index (χ3n) is 16.3. The molecule has 73 heavy (non-hydrogen) atoms. The minimum absolute atomic E-state index is 0.0716. The van der Waals surface area contributed by atoms with Gasteiger partial charge in [-0.2, -0.15) is 0 Å². The molecular formula is C65H73NO2S5. The van der Waals surface area contributed by atoms with Crippen LogP contribution in [0.4, 0.5) is 0 Å². The minimum Gasteiger partial charge on any atom is -0.274 e. The lowest BCUT2D eigenvalue weighted by Gasteiger charge is -2.58. The van der Waals surface area contributed by atoms with E-state index in [2.05, 4.69) is 177 Å². The first-order valence-corrected chi connectivity index (χ1v) is 30.9. The second kappa shape index (κ2) is 20.3. The largest absolute Gasteiger partial charge is 0.277 e. The number of thiophene rings is 5. The van der Waals surface area contributed by atoms with Gasteiger partial charge in [0.1, 0.15) is 0 Å². The Morgan fingerprint density at radius 2 is 1.11 bits per heavy atom. The lowest BCUT2D eigenvalue weighted by Crippen LogP contribution is -2.55. The number of carbonyl (C=O) groups excluding carboxylic acids is 1. The summed E-state index contributed by atoms with van der Waals surface area (Å²) in [5.41, 5.74) is 12.1. The van der Waals surface area contributed by atoms with E-state index in [0.29, 0.717) is 5.56 Å². The van der Waals surface area contributed by atoms with E-state index in [4.69, 9.17) is 4.84 Å². The average Bonchev–Trinajstić information content (AvgIpc) is 4.23. The molecule has 1 aromatic carbocycles. The van der Waals surface area contributed by atoms with E-state index in [1.807, 2.05) is 51.4 Å². The number of nitrogens with zero attached hydrogens (tertiary/aromatic N) is 1. The quantitative estimate of drug-likeness (QED) is 0.0673. The number of unbranched alkanes of at least 4 members (excludes halogenated alkanes) is 6. The predicted octanol–water partition coefficient (Wildman–Crippen LogP) is 18.8. The van der Waals surface area contributed by atoms with Crippen molar-refractivity contribution in [3.8, 4) is 39.0 Å². The summed E-state index contributed by atoms with van der Waals surface area (Å²) in [7, 11) is 3.24. The van der Waals surface area contributed by atoms with Gasteiger partial charge in [0.25, 0.3) is 5.91 Å². The number of amides is 1. The van der Waals surface area contributed by atoms with Crippen LogP contribution in [0.15, 0.2) is 125 Å². The smallest absolute Gasteiger partial charge is 0.274 e. The Bertz CT molecular complexity index is 3390. The highest BCUT2D eigenvalue weighted by molar-refractivity contribution is 7.30. The number of rotatable bonds is 17. The molecule has 0 spiro atoms. The van der Waals surface area contributed by atoms with Gasteiger partial charge in [-0.25, -0.2) is 5.06 Å². The molecule has 8 heteroatoms. The summed E-state index contributed by atoms with van der Waals surface area (Å²) in [5, 5.41) is 5.86. The Hall–Kier alpha value is -4.41. The standard InChI is InChI=1S/C65H73NO2S5/c1-13-15-17-19-22-45-46(23-20-18-16-14-2)60(73-59(45)57-31-29-54(71-57)53-24-21-33-69-53)58-32-30-56(72-58)55-28-27-52(70-55)48-36-43-35-41(62(3,4)5)37-49-44-26-25-40(61(67)66(11)68-12)34-47(44)50-38-42(63(6,7)8)39-51(48)65(50,10)64(43,49)9/h21,24-39H,13-20,22-23H2,1-12H3/t64-,65+/m0/s1. The van der Waals surface area contributed by atoms with Crippen molar-refractivity contribution >= 4 is 79.3 Å². The summed E-state index contributed by atoms with van der Waals surface area (Å²) in [6.07, 6.45) is 25.0. The zero-order valence-electron chi connectivity index (χ0n) is 45.2. The van der Waals surface area contributed by atoms with E-state index < -0.39 is 5.41 Å². The number of hydrogen-bond acceptors (Lipinski definition) is 7. The molecule has 0 radical (unpaired) electrons. The van der Waals surface area contributed by atoms with Crippen molar-refractivity contribution in [2.24, 2.45) is 21.7 Å². The first-order chi connectivity index (χ1) is 34.9. The first kappa shape index (κ1) is 52.0. The molecule has 380 valence electrons. The fourth-order valence-electron chi connectivity index (χ4n) is 11.7. The van der Waals surface area contributed by atoms with Crippen molar-refractivity contribution in [2.45, 2.75) is 133 Å². The molecule has 2 atom stereocenters. The topological polar surface area (TPSA) is 29.5 Å². The van der Waals surface area contributed by atoms with Crippen molar-refractivity contribution in [1.82, 2.24) is 5.06 Å². The molecule has 10 rings (SSSR count). The zero-order chi connectivity index (χ0) is 51.6. The molecule has 4 aliphatic carbocycles. The second-order valence-electron chi connectivity index (χ2n) is 23.0. The summed E-state index contributed by atoms with van der Waals surface area (Å²) in [6, 6.07) is 25.1. The van der Waals surface area contributed by atoms with Gasteiger partial charge in [0.2, 0.25) is 0 Å². The van der Waals surface area contributed by atoms with Crippen LogP contribution < -0.4 is 10.4 Å². The summed E-state index contributed by atoms with van der Waals surface area (Å²) in [4.78, 5) is 31.7. The monoisotopic (exact) mass is 1060 g/mol. The molecule has 0 aliphatic heterocycles. The maximum absolute atomic E-state index is 13.8. The Morgan fingerprint density at radius 1 is 0.575 bits per heavy atom. The molecule has 0 bridgehead atoms. The van der Waals surface area contributed by atoms with Crippen LogP contribution in [0.2, 0.25) is 0 Å². The van der Waals surface area contributed by atoms with E-state index in [9.17, 15) is 4.79 Å². The van der Waals surface area contributed by atoms with Gasteiger partial charge in [-0.1, -0.05) is 144 Å². The van der Waals surface area contributed by atoms with E-state index >= 15 is 0 Å². The summed E-state index contributed by atoms with van der Waals surface area (Å²) in [5.74, 6) is -0.153. The van der Waals surface area contributed by atoms with Gasteiger partial charge in [0.05, 0.1) is 7.11 Å². The van der Waals surface area contributed by atoms with Crippen molar-refractivity contribution in [1.29, 1.82) is 0 Å². The third kappa shape index (κ3) is 9.22. The molecule has 5 aromatic heterocycles. The highest BCUT2D eigenvalue weighted by Crippen LogP contribution is 2.69. The van der Waals surface area contributed by atoms with Gasteiger partial charge >= 0.3 is 0 Å². The second-order valence-corrected chi connectivity index (χ2v) is 28.3. The molecular weight excluding hydrogens is 987 g/mol. The molecule has 4 aliphatic rings. The fraction of sp³-hybridized carbons (Fsp3) is 0.400. The lowest BCUT2D eigenvalue weighted by molar-refractivity contribution is -0.0757. The number of hydrogen-bond donors (Lipinski definition) is 0. The molecule has 5 heterocycles. The van der Waals surface area contributed by atoms with Crippen molar-refractivity contribution in [2.75, 3.05) is 14.2 Å². The Balaban J connectivity index is 1.10. The van der Waals surface area contributed by atoms with Crippen LogP contribution in [-0.4, -0.2) is 25.1 Å². The van der Waals surface area contributed by atoms with Gasteiger partial charge in [0.15, 0.2) is 0 Å². The molecule has 0 saturated heterocycles. The Morgan fingerprint density at radius 3 is 1.66 bits per heavy atom. The lowest BCUT2D eigenvalue weighted by atomic mass is 9.44. The highest BCUT2D eigenvalue weighted by atomic mass is 32.1. The molecule has 0 N–H and O–H groups in total. The summed E-state index contributed by atoms with van der Waals surface area (Å²) >= 11 is 9.79. The third-order valence-corrected chi connectivity index (χ3v) is 22.5. The van der Waals surface area contributed by atoms with Crippen LogP contribution >= 0.6 is 56.7 Å². The normalized spacial score (nSPS) is 19.3. The average molecular weight is 1060 g/mol.